The van der Waals surface area contributed by atoms with E-state index in [1.165, 1.54) is 19.3 Å². The monoisotopic (exact) mass is 761 g/mol. The van der Waals surface area contributed by atoms with Crippen molar-refractivity contribution in [3.05, 3.63) is 109 Å². The number of hydrogen-bond acceptors (Lipinski definition) is 6. The van der Waals surface area contributed by atoms with Crippen molar-refractivity contribution in [1.29, 1.82) is 0 Å². The van der Waals surface area contributed by atoms with Crippen molar-refractivity contribution in [3.63, 3.8) is 0 Å². The molecule has 0 saturated carbocycles. The second kappa shape index (κ2) is 42.8. The van der Waals surface area contributed by atoms with Gasteiger partial charge in [-0.2, -0.15) is 0 Å². The van der Waals surface area contributed by atoms with Crippen LogP contribution in [0.4, 0.5) is 0 Å². The maximum Gasteiger partial charge on any atom is 0.309 e. The van der Waals surface area contributed by atoms with Gasteiger partial charge in [0.2, 0.25) is 0 Å². The van der Waals surface area contributed by atoms with Gasteiger partial charge in [0, 0.05) is 12.8 Å². The molecule has 55 heavy (non-hydrogen) atoms. The van der Waals surface area contributed by atoms with Gasteiger partial charge in [-0.1, -0.05) is 182 Å². The number of unbranched alkanes of at least 4 members (excludes halogenated alkanes) is 12. The molecule has 0 heterocycles. The van der Waals surface area contributed by atoms with Crippen molar-refractivity contribution in [3.8, 4) is 0 Å². The number of allylic oxidation sites excluding steroid dienone is 17. The lowest BCUT2D eigenvalue weighted by molar-refractivity contribution is -0.166. The molecular formula is C49H76O6. The first kappa shape index (κ1) is 51.1. The molecule has 0 aliphatic rings. The Morgan fingerprint density at radius 2 is 0.891 bits per heavy atom. The predicted octanol–water partition coefficient (Wildman–Crippen LogP) is 13.6. The van der Waals surface area contributed by atoms with E-state index < -0.39 is 12.1 Å². The molecule has 0 spiro atoms. The number of esters is 3. The molecule has 0 aliphatic carbocycles. The van der Waals surface area contributed by atoms with Crippen LogP contribution in [0.25, 0.3) is 0 Å². The van der Waals surface area contributed by atoms with Crippen molar-refractivity contribution in [2.24, 2.45) is 0 Å². The molecule has 0 aromatic carbocycles. The van der Waals surface area contributed by atoms with Gasteiger partial charge in [0.1, 0.15) is 13.2 Å². The highest BCUT2D eigenvalue weighted by Gasteiger charge is 2.19. The maximum absolute atomic E-state index is 12.6. The lowest BCUT2D eigenvalue weighted by Crippen LogP contribution is -2.30. The summed E-state index contributed by atoms with van der Waals surface area (Å²) in [5.41, 5.74) is 0. The summed E-state index contributed by atoms with van der Waals surface area (Å²) >= 11 is 0. The largest absolute Gasteiger partial charge is 0.462 e. The minimum atomic E-state index is -0.828. The molecule has 0 fully saturated rings. The molecule has 0 rings (SSSR count). The van der Waals surface area contributed by atoms with Crippen LogP contribution < -0.4 is 0 Å². The summed E-state index contributed by atoms with van der Waals surface area (Å²) in [6, 6.07) is 0. The summed E-state index contributed by atoms with van der Waals surface area (Å²) in [4.78, 5) is 37.5. The second-order valence-corrected chi connectivity index (χ2v) is 13.6. The molecule has 308 valence electrons. The molecular weight excluding hydrogens is 685 g/mol. The zero-order valence-corrected chi connectivity index (χ0v) is 34.9. The molecule has 0 aliphatic heterocycles. The molecule has 1 atom stereocenters. The zero-order valence-electron chi connectivity index (χ0n) is 34.9. The highest BCUT2D eigenvalue weighted by atomic mass is 16.6. The van der Waals surface area contributed by atoms with Crippen LogP contribution in [0.2, 0.25) is 0 Å². The average Bonchev–Trinajstić information content (AvgIpc) is 3.18. The maximum atomic E-state index is 12.6. The molecule has 0 amide bonds. The smallest absolute Gasteiger partial charge is 0.309 e. The third-order valence-electron chi connectivity index (χ3n) is 8.37. The third-order valence-corrected chi connectivity index (χ3v) is 8.37. The highest BCUT2D eigenvalue weighted by Crippen LogP contribution is 2.11. The van der Waals surface area contributed by atoms with Gasteiger partial charge >= 0.3 is 17.9 Å². The summed E-state index contributed by atoms with van der Waals surface area (Å²) in [5, 5.41) is 0. The Bertz CT molecular complexity index is 1200. The number of hydrogen-bond donors (Lipinski definition) is 0. The average molecular weight is 761 g/mol. The van der Waals surface area contributed by atoms with E-state index in [0.29, 0.717) is 6.42 Å². The summed E-state index contributed by atoms with van der Waals surface area (Å²) < 4.78 is 16.5. The van der Waals surface area contributed by atoms with Gasteiger partial charge in [-0.25, -0.2) is 0 Å². The van der Waals surface area contributed by atoms with Gasteiger partial charge in [-0.05, 0) is 70.6 Å². The molecule has 6 heteroatoms. The van der Waals surface area contributed by atoms with Crippen LogP contribution in [0.5, 0.6) is 0 Å². The topological polar surface area (TPSA) is 78.9 Å². The zero-order chi connectivity index (χ0) is 40.1. The second-order valence-electron chi connectivity index (χ2n) is 13.6. The lowest BCUT2D eigenvalue weighted by Gasteiger charge is -2.18. The quantitative estimate of drug-likeness (QED) is 0.0208. The van der Waals surface area contributed by atoms with Gasteiger partial charge in [-0.3, -0.25) is 14.4 Å². The van der Waals surface area contributed by atoms with E-state index in [9.17, 15) is 14.4 Å². The van der Waals surface area contributed by atoms with E-state index in [1.54, 1.807) is 6.08 Å². The van der Waals surface area contributed by atoms with Crippen LogP contribution in [-0.4, -0.2) is 37.2 Å². The standard InChI is InChI=1S/C49H76O6/c1-4-7-10-13-16-19-21-22-23-24-25-26-27-28-31-33-36-39-42-48(51)54-45-46(44-53-47(50)41-38-35-32-29-18-15-12-9-6-3)55-49(52)43-40-37-34-30-20-17-14-11-8-5-2/h9-10,12-14,16-19,21-26,29,35,38,46H,4-8,11,15,20,27-28,30-34,36-37,39-45H2,1-3H3/b12-9-,13-10-,17-14-,19-16-,22-21-,24-23-,26-25-,29-18-,38-35-. The normalized spacial score (nSPS) is 13.1. The van der Waals surface area contributed by atoms with Crippen LogP contribution in [0, 0.1) is 0 Å². The minimum absolute atomic E-state index is 0.123. The third kappa shape index (κ3) is 41.1. The van der Waals surface area contributed by atoms with E-state index in [4.69, 9.17) is 14.2 Å². The van der Waals surface area contributed by atoms with Crippen molar-refractivity contribution in [2.75, 3.05) is 13.2 Å². The summed E-state index contributed by atoms with van der Waals surface area (Å²) in [6.45, 7) is 6.21. The highest BCUT2D eigenvalue weighted by molar-refractivity contribution is 5.72. The Balaban J connectivity index is 4.49. The van der Waals surface area contributed by atoms with E-state index >= 15 is 0 Å². The molecule has 0 saturated heterocycles. The van der Waals surface area contributed by atoms with Crippen LogP contribution in [-0.2, 0) is 28.6 Å². The van der Waals surface area contributed by atoms with E-state index in [-0.39, 0.29) is 38.0 Å². The van der Waals surface area contributed by atoms with Gasteiger partial charge in [0.15, 0.2) is 6.10 Å². The number of rotatable bonds is 36. The van der Waals surface area contributed by atoms with E-state index in [2.05, 4.69) is 81.5 Å². The van der Waals surface area contributed by atoms with Crippen LogP contribution in [0.15, 0.2) is 109 Å². The van der Waals surface area contributed by atoms with E-state index in [0.717, 1.165) is 103 Å². The lowest BCUT2D eigenvalue weighted by atomic mass is 10.1. The molecule has 6 nitrogen and oxygen atoms in total. The van der Waals surface area contributed by atoms with Gasteiger partial charge in [0.05, 0.1) is 6.42 Å². The molecule has 0 radical (unpaired) electrons. The Morgan fingerprint density at radius 3 is 1.49 bits per heavy atom. The van der Waals surface area contributed by atoms with E-state index in [1.807, 2.05) is 42.5 Å². The van der Waals surface area contributed by atoms with Crippen molar-refractivity contribution >= 4 is 17.9 Å². The Kier molecular flexibility index (Phi) is 39.7. The summed E-state index contributed by atoms with van der Waals surface area (Å²) in [7, 11) is 0. The predicted molar refractivity (Wildman–Crippen MR) is 233 cm³/mol. The van der Waals surface area contributed by atoms with Gasteiger partial charge in [0.25, 0.3) is 0 Å². The van der Waals surface area contributed by atoms with Gasteiger partial charge in [-0.15, -0.1) is 0 Å². The molecule has 0 aromatic rings. The first-order valence-electron chi connectivity index (χ1n) is 21.5. The Morgan fingerprint density at radius 1 is 0.418 bits per heavy atom. The minimum Gasteiger partial charge on any atom is -0.462 e. The van der Waals surface area contributed by atoms with Crippen LogP contribution >= 0.6 is 0 Å². The number of carbonyl (C=O) groups excluding carboxylic acids is 3. The molecule has 0 bridgehead atoms. The van der Waals surface area contributed by atoms with Crippen molar-refractivity contribution in [2.45, 2.75) is 168 Å². The summed E-state index contributed by atoms with van der Waals surface area (Å²) in [6.07, 6.45) is 56.7. The van der Waals surface area contributed by atoms with Crippen molar-refractivity contribution in [1.82, 2.24) is 0 Å². The van der Waals surface area contributed by atoms with Crippen LogP contribution in [0.1, 0.15) is 162 Å². The fourth-order valence-corrected chi connectivity index (χ4v) is 5.16. The van der Waals surface area contributed by atoms with Gasteiger partial charge < -0.3 is 14.2 Å². The number of carbonyl (C=O) groups is 3. The molecule has 0 N–H and O–H groups in total. The number of ether oxygens (including phenoxy) is 3. The fourth-order valence-electron chi connectivity index (χ4n) is 5.16. The Labute approximate surface area is 336 Å². The summed E-state index contributed by atoms with van der Waals surface area (Å²) in [5.74, 6) is -1.11. The van der Waals surface area contributed by atoms with Crippen molar-refractivity contribution < 1.29 is 28.6 Å². The first-order valence-corrected chi connectivity index (χ1v) is 21.5. The molecule has 1 unspecified atom stereocenters. The molecule has 0 aromatic heterocycles. The Hall–Kier alpha value is -3.93. The van der Waals surface area contributed by atoms with Crippen LogP contribution in [0.3, 0.4) is 0 Å². The first-order chi connectivity index (χ1) is 27.0. The SMILES string of the molecule is CC/C=C\C/C=C\C/C=C\CC(=O)OCC(COC(=O)CCCCCCC\C=C/C=C\C=C/C=C\C=C/CCC)OC(=O)CCCCCC/C=C\CCCC. The fraction of sp³-hybridized carbons (Fsp3) is 0.571.